The number of thioether (sulfide) groups is 1. The van der Waals surface area contributed by atoms with Crippen molar-refractivity contribution in [2.75, 3.05) is 6.54 Å². The summed E-state index contributed by atoms with van der Waals surface area (Å²) in [5, 5.41) is 9.51. The van der Waals surface area contributed by atoms with Crippen molar-refractivity contribution in [3.05, 3.63) is 54.8 Å². The molecule has 0 saturated carbocycles. The molecule has 2 aromatic rings. The van der Waals surface area contributed by atoms with Crippen molar-refractivity contribution in [1.29, 1.82) is 0 Å². The number of hydrogen-bond acceptors (Lipinski definition) is 5. The monoisotopic (exact) mass is 546 g/mol. The molecule has 0 spiro atoms. The van der Waals surface area contributed by atoms with Crippen LogP contribution in [-0.4, -0.2) is 33.6 Å². The quantitative estimate of drug-likeness (QED) is 0.432. The highest BCUT2D eigenvalue weighted by molar-refractivity contribution is 14.1. The van der Waals surface area contributed by atoms with Gasteiger partial charge in [-0.15, -0.1) is 0 Å². The number of halogens is 2. The van der Waals surface area contributed by atoms with Crippen molar-refractivity contribution >= 4 is 79.1 Å². The molecule has 0 bridgehead atoms. The molecule has 9 heteroatoms. The SMILES string of the molecule is CCN1C(=O)/C(=C/c2cc(Br)c(I)o2)SC1=Nc1ccc(C(=O)O)cc1. The van der Waals surface area contributed by atoms with Gasteiger partial charge in [0.25, 0.3) is 5.91 Å². The average Bonchev–Trinajstić information content (AvgIpc) is 3.07. The molecule has 3 rings (SSSR count). The van der Waals surface area contributed by atoms with E-state index in [0.29, 0.717) is 31.8 Å². The van der Waals surface area contributed by atoms with Crippen LogP contribution in [0, 0.1) is 3.77 Å². The number of benzene rings is 1. The minimum absolute atomic E-state index is 0.138. The lowest BCUT2D eigenvalue weighted by molar-refractivity contribution is -0.122. The first-order chi connectivity index (χ1) is 12.4. The Morgan fingerprint density at radius 3 is 2.65 bits per heavy atom. The Bertz CT molecular complexity index is 917. The first-order valence-corrected chi connectivity index (χ1v) is 10.2. The second-order valence-corrected chi connectivity index (χ2v) is 8.02. The second-order valence-electron chi connectivity index (χ2n) is 5.18. The summed E-state index contributed by atoms with van der Waals surface area (Å²) < 4.78 is 7.11. The van der Waals surface area contributed by atoms with E-state index in [1.54, 1.807) is 29.2 Å². The van der Waals surface area contributed by atoms with E-state index < -0.39 is 5.97 Å². The van der Waals surface area contributed by atoms with Crippen LogP contribution >= 0.6 is 50.3 Å². The van der Waals surface area contributed by atoms with E-state index in [4.69, 9.17) is 9.52 Å². The van der Waals surface area contributed by atoms with Crippen molar-refractivity contribution in [3.63, 3.8) is 0 Å². The zero-order valence-electron chi connectivity index (χ0n) is 13.4. The van der Waals surface area contributed by atoms with Crippen LogP contribution < -0.4 is 0 Å². The Labute approximate surface area is 175 Å². The number of likely N-dealkylation sites (N-methyl/N-ethyl adjacent to an activating group) is 1. The smallest absolute Gasteiger partial charge is 0.335 e. The molecule has 26 heavy (non-hydrogen) atoms. The largest absolute Gasteiger partial charge is 0.478 e. The van der Waals surface area contributed by atoms with E-state index in [1.807, 2.05) is 6.92 Å². The number of rotatable bonds is 4. The van der Waals surface area contributed by atoms with E-state index in [0.717, 1.165) is 4.47 Å². The van der Waals surface area contributed by atoms with Gasteiger partial charge in [-0.25, -0.2) is 9.79 Å². The number of carboxylic acid groups (broad SMARTS) is 1. The van der Waals surface area contributed by atoms with Gasteiger partial charge in [-0.3, -0.25) is 9.69 Å². The predicted octanol–water partition coefficient (Wildman–Crippen LogP) is 4.97. The van der Waals surface area contributed by atoms with Crippen LogP contribution in [0.1, 0.15) is 23.0 Å². The Kier molecular flexibility index (Phi) is 5.88. The van der Waals surface area contributed by atoms with Gasteiger partial charge in [-0.2, -0.15) is 0 Å². The number of amides is 1. The molecule has 6 nitrogen and oxygen atoms in total. The van der Waals surface area contributed by atoms with Crippen LogP contribution in [-0.2, 0) is 4.79 Å². The molecule has 0 unspecified atom stereocenters. The predicted molar refractivity (Wildman–Crippen MR) is 113 cm³/mol. The number of aliphatic imine (C=N–C) groups is 1. The molecule has 2 heterocycles. The van der Waals surface area contributed by atoms with Crippen LogP contribution in [0.2, 0.25) is 0 Å². The molecule has 1 fully saturated rings. The van der Waals surface area contributed by atoms with Gasteiger partial charge in [0.15, 0.2) is 8.93 Å². The molecule has 1 aliphatic rings. The van der Waals surface area contributed by atoms with Crippen LogP contribution in [0.5, 0.6) is 0 Å². The van der Waals surface area contributed by atoms with Crippen molar-refractivity contribution < 1.29 is 19.1 Å². The summed E-state index contributed by atoms with van der Waals surface area (Å²) in [6.07, 6.45) is 1.69. The average molecular weight is 547 g/mol. The van der Waals surface area contributed by atoms with Crippen molar-refractivity contribution in [1.82, 2.24) is 4.90 Å². The number of carbonyl (C=O) groups excluding carboxylic acids is 1. The highest BCUT2D eigenvalue weighted by Crippen LogP contribution is 2.35. The number of carbonyl (C=O) groups is 2. The third-order valence-electron chi connectivity index (χ3n) is 3.48. The molecule has 1 aliphatic heterocycles. The normalized spacial score (nSPS) is 17.5. The maximum Gasteiger partial charge on any atom is 0.335 e. The topological polar surface area (TPSA) is 83.1 Å². The number of carboxylic acids is 1. The molecule has 1 amide bonds. The van der Waals surface area contributed by atoms with Crippen molar-refractivity contribution in [2.24, 2.45) is 4.99 Å². The van der Waals surface area contributed by atoms with Gasteiger partial charge in [0, 0.05) is 35.2 Å². The molecule has 0 radical (unpaired) electrons. The maximum atomic E-state index is 12.6. The lowest BCUT2D eigenvalue weighted by atomic mass is 10.2. The number of furan rings is 1. The van der Waals surface area contributed by atoms with Crippen molar-refractivity contribution in [3.8, 4) is 0 Å². The number of hydrogen-bond donors (Lipinski definition) is 1. The molecule has 1 aromatic carbocycles. The summed E-state index contributed by atoms with van der Waals surface area (Å²) in [7, 11) is 0. The molecule has 0 atom stereocenters. The Balaban J connectivity index is 1.90. The molecule has 1 saturated heterocycles. The molecular formula is C17H12BrIN2O4S. The van der Waals surface area contributed by atoms with E-state index in [-0.39, 0.29) is 11.5 Å². The van der Waals surface area contributed by atoms with Crippen molar-refractivity contribution in [2.45, 2.75) is 6.92 Å². The first kappa shape index (κ1) is 19.2. The lowest BCUT2D eigenvalue weighted by Crippen LogP contribution is -2.28. The van der Waals surface area contributed by atoms with Gasteiger partial charge < -0.3 is 9.52 Å². The molecular weight excluding hydrogens is 535 g/mol. The fourth-order valence-corrected chi connectivity index (χ4v) is 3.98. The maximum absolute atomic E-state index is 12.6. The third kappa shape index (κ3) is 4.04. The summed E-state index contributed by atoms with van der Waals surface area (Å²) in [6.45, 7) is 2.35. The van der Waals surface area contributed by atoms with E-state index in [2.05, 4.69) is 43.5 Å². The number of amidine groups is 1. The van der Waals surface area contributed by atoms with Crippen LogP contribution in [0.4, 0.5) is 5.69 Å². The summed E-state index contributed by atoms with van der Waals surface area (Å²) in [6, 6.07) is 8.00. The van der Waals surface area contributed by atoms with Gasteiger partial charge in [-0.1, -0.05) is 0 Å². The molecule has 1 aromatic heterocycles. The first-order valence-electron chi connectivity index (χ1n) is 7.47. The third-order valence-corrected chi connectivity index (χ3v) is 6.62. The van der Waals surface area contributed by atoms with Gasteiger partial charge in [-0.05, 0) is 64.9 Å². The standard InChI is InChI=1S/C17H12BrIN2O4S/c1-2-21-15(22)13(8-11-7-12(18)14(19)25-11)26-17(21)20-10-5-3-9(4-6-10)16(23)24/h3-8H,2H2,1H3,(H,23,24)/b13-8-,20-17?. The number of aromatic carboxylic acids is 1. The highest BCUT2D eigenvalue weighted by atomic mass is 127. The van der Waals surface area contributed by atoms with E-state index in [1.165, 1.54) is 23.9 Å². The molecule has 1 N–H and O–H groups in total. The minimum atomic E-state index is -0.991. The van der Waals surface area contributed by atoms with Crippen LogP contribution in [0.15, 0.2) is 49.1 Å². The number of nitrogens with zero attached hydrogens (tertiary/aromatic N) is 2. The zero-order chi connectivity index (χ0) is 18.8. The van der Waals surface area contributed by atoms with Gasteiger partial charge in [0.1, 0.15) is 5.76 Å². The van der Waals surface area contributed by atoms with Crippen LogP contribution in [0.25, 0.3) is 6.08 Å². The zero-order valence-corrected chi connectivity index (χ0v) is 18.0. The summed E-state index contributed by atoms with van der Waals surface area (Å²) >= 11 is 6.70. The fraction of sp³-hybridized carbons (Fsp3) is 0.118. The lowest BCUT2D eigenvalue weighted by Gasteiger charge is -2.11. The molecule has 0 aliphatic carbocycles. The highest BCUT2D eigenvalue weighted by Gasteiger charge is 2.32. The summed E-state index contributed by atoms with van der Waals surface area (Å²) in [5.74, 6) is -0.546. The van der Waals surface area contributed by atoms with Gasteiger partial charge in [0.05, 0.1) is 20.6 Å². The van der Waals surface area contributed by atoms with E-state index in [9.17, 15) is 9.59 Å². The van der Waals surface area contributed by atoms with Gasteiger partial charge in [0.2, 0.25) is 0 Å². The van der Waals surface area contributed by atoms with Gasteiger partial charge >= 0.3 is 5.97 Å². The Morgan fingerprint density at radius 2 is 2.12 bits per heavy atom. The fourth-order valence-electron chi connectivity index (χ4n) is 2.22. The summed E-state index contributed by atoms with van der Waals surface area (Å²) in [5.41, 5.74) is 0.773. The van der Waals surface area contributed by atoms with Crippen LogP contribution in [0.3, 0.4) is 0 Å². The summed E-state index contributed by atoms with van der Waals surface area (Å²) in [4.78, 5) is 30.1. The second kappa shape index (κ2) is 7.97. The minimum Gasteiger partial charge on any atom is -0.478 e. The Morgan fingerprint density at radius 1 is 1.42 bits per heavy atom. The Hall–Kier alpha value is -1.59. The molecule has 134 valence electrons. The van der Waals surface area contributed by atoms with E-state index >= 15 is 0 Å².